The van der Waals surface area contributed by atoms with Gasteiger partial charge in [0.1, 0.15) is 17.8 Å². The quantitative estimate of drug-likeness (QED) is 0.150. The minimum Gasteiger partial charge on any atom is -0.347 e. The fourth-order valence-corrected chi connectivity index (χ4v) is 7.82. The average Bonchev–Trinajstić information content (AvgIpc) is 3.90. The van der Waals surface area contributed by atoms with E-state index in [1.807, 2.05) is 0 Å². The summed E-state index contributed by atoms with van der Waals surface area (Å²) in [4.78, 5) is 91.1. The van der Waals surface area contributed by atoms with Crippen molar-refractivity contribution in [3.8, 4) is 0 Å². The van der Waals surface area contributed by atoms with Crippen LogP contribution in [0.5, 0.6) is 0 Å². The molecule has 328 valence electrons. The number of halogens is 6. The predicted octanol–water partition coefficient (Wildman–Crippen LogP) is 5.10. The van der Waals surface area contributed by atoms with Gasteiger partial charge in [0, 0.05) is 37.4 Å². The molecule has 1 saturated heterocycles. The topological polar surface area (TPSA) is 180 Å². The van der Waals surface area contributed by atoms with Crippen molar-refractivity contribution >= 4 is 35.3 Å². The number of carbonyl (C=O) groups excluding carboxylic acids is 6. The highest BCUT2D eigenvalue weighted by atomic mass is 19.4. The molecule has 2 aromatic rings. The van der Waals surface area contributed by atoms with Gasteiger partial charge in [-0.1, -0.05) is 53.4 Å². The van der Waals surface area contributed by atoms with Gasteiger partial charge in [0.25, 0.3) is 11.8 Å². The van der Waals surface area contributed by atoms with Gasteiger partial charge in [0.2, 0.25) is 23.5 Å². The largest absolute Gasteiger partial charge is 0.416 e. The number of rotatable bonds is 14. The smallest absolute Gasteiger partial charge is 0.347 e. The first kappa shape index (κ1) is 46.0. The number of alkyl halides is 6. The number of hydrogen-bond acceptors (Lipinski definition) is 8. The Morgan fingerprint density at radius 2 is 1.45 bits per heavy atom. The molecular weight excluding hydrogens is 800 g/mol. The summed E-state index contributed by atoms with van der Waals surface area (Å²) in [7, 11) is 0. The van der Waals surface area contributed by atoms with E-state index in [4.69, 9.17) is 0 Å². The monoisotopic (exact) mass is 851 g/mol. The second kappa shape index (κ2) is 18.7. The number of benzene rings is 1. The number of nitrogens with one attached hydrogen (secondary N) is 4. The van der Waals surface area contributed by atoms with Crippen molar-refractivity contribution in [3.05, 3.63) is 59.2 Å². The highest BCUT2D eigenvalue weighted by Gasteiger charge is 2.48. The lowest BCUT2D eigenvalue weighted by atomic mass is 9.82. The first-order valence-electron chi connectivity index (χ1n) is 20.2. The number of aromatic nitrogens is 2. The van der Waals surface area contributed by atoms with E-state index in [2.05, 4.69) is 31.2 Å². The number of hydrogen-bond donors (Lipinski definition) is 4. The lowest BCUT2D eigenvalue weighted by Gasteiger charge is -2.36. The number of nitrogens with zero attached hydrogens (tertiary/aromatic N) is 3. The zero-order valence-corrected chi connectivity index (χ0v) is 33.8. The normalized spacial score (nSPS) is 20.4. The molecule has 1 aromatic carbocycles. The van der Waals surface area contributed by atoms with Crippen LogP contribution < -0.4 is 21.3 Å². The van der Waals surface area contributed by atoms with Crippen LogP contribution in [0, 0.1) is 17.3 Å². The molecule has 4 N–H and O–H groups in total. The molecule has 3 aliphatic rings. The SMILES string of the molecule is CCC[C@@H](NC(=O)[C@H]1CN(C(=O)[C@@H](NC(=O)[C@@H](NC(=O)c2cnccn2)C2CCCCC2)C(C)(C)C)C[C@@H]1c1cc(C(F)(F)F)cc(C(F)(F)F)c1)C(=O)C(=O)NC1CC1. The summed E-state index contributed by atoms with van der Waals surface area (Å²) in [5, 5.41) is 10.6. The van der Waals surface area contributed by atoms with Gasteiger partial charge in [-0.05, 0) is 67.2 Å². The van der Waals surface area contributed by atoms with Crippen molar-refractivity contribution < 1.29 is 55.1 Å². The van der Waals surface area contributed by atoms with Gasteiger partial charge in [0.15, 0.2) is 0 Å². The highest BCUT2D eigenvalue weighted by molar-refractivity contribution is 6.38. The van der Waals surface area contributed by atoms with Crippen molar-refractivity contribution in [1.29, 1.82) is 0 Å². The van der Waals surface area contributed by atoms with E-state index in [0.29, 0.717) is 44.2 Å². The van der Waals surface area contributed by atoms with E-state index in [0.717, 1.165) is 24.2 Å². The molecule has 2 aliphatic carbocycles. The van der Waals surface area contributed by atoms with Crippen LogP contribution in [0.1, 0.15) is 119 Å². The second-order valence-electron chi connectivity index (χ2n) is 17.0. The molecule has 5 atom stereocenters. The van der Waals surface area contributed by atoms with Crippen LogP contribution in [-0.4, -0.2) is 87.4 Å². The van der Waals surface area contributed by atoms with E-state index in [-0.39, 0.29) is 30.1 Å². The molecule has 3 fully saturated rings. The Balaban J connectivity index is 1.48. The van der Waals surface area contributed by atoms with Crippen LogP contribution in [0.2, 0.25) is 0 Å². The maximum Gasteiger partial charge on any atom is 0.416 e. The van der Waals surface area contributed by atoms with E-state index in [1.54, 1.807) is 27.7 Å². The van der Waals surface area contributed by atoms with Crippen LogP contribution in [0.15, 0.2) is 36.8 Å². The molecule has 13 nitrogen and oxygen atoms in total. The molecule has 1 aromatic heterocycles. The van der Waals surface area contributed by atoms with E-state index in [1.165, 1.54) is 18.6 Å². The summed E-state index contributed by atoms with van der Waals surface area (Å²) >= 11 is 0. The van der Waals surface area contributed by atoms with Crippen LogP contribution in [-0.2, 0) is 36.3 Å². The maximum absolute atomic E-state index is 14.6. The minimum absolute atomic E-state index is 0.00184. The van der Waals surface area contributed by atoms with Gasteiger partial charge in [-0.2, -0.15) is 26.3 Å². The Labute approximate surface area is 343 Å². The zero-order chi connectivity index (χ0) is 44.2. The standard InChI is InChI=1S/C41H51F6N7O6/c1-5-9-29(32(55)37(59)50-26-12-13-26)51-34(56)28-21-54(20-27(28)23-16-24(40(42,43)44)18-25(17-23)41(45,46)47)38(60)33(39(2,3)4)53-36(58)31(22-10-7-6-8-11-22)52-35(57)30-19-48-14-15-49-30/h14-19,22,26-29,31,33H,5-13,20-21H2,1-4H3,(H,50,59)(H,51,56)(H,52,57)(H,53,58)/t27-,28+,29-,31+,33-/m1/s1. The number of ketones is 1. The molecule has 2 saturated carbocycles. The van der Waals surface area contributed by atoms with Gasteiger partial charge in [-0.25, -0.2) is 4.98 Å². The molecule has 19 heteroatoms. The van der Waals surface area contributed by atoms with Crippen molar-refractivity contribution in [2.24, 2.45) is 17.3 Å². The molecule has 5 rings (SSSR count). The van der Waals surface area contributed by atoms with Crippen LogP contribution in [0.3, 0.4) is 0 Å². The van der Waals surface area contributed by atoms with Crippen molar-refractivity contribution in [2.45, 2.75) is 128 Å². The van der Waals surface area contributed by atoms with E-state index < -0.39 is 113 Å². The fraction of sp³-hybridized carbons (Fsp3) is 0.610. The van der Waals surface area contributed by atoms with Crippen molar-refractivity contribution in [3.63, 3.8) is 0 Å². The first-order valence-corrected chi connectivity index (χ1v) is 20.2. The van der Waals surface area contributed by atoms with Gasteiger partial charge < -0.3 is 26.2 Å². The lowest BCUT2D eigenvalue weighted by molar-refractivity contribution is -0.143. The summed E-state index contributed by atoms with van der Waals surface area (Å²) < 4.78 is 84.4. The minimum atomic E-state index is -5.21. The third kappa shape index (κ3) is 11.6. The molecule has 0 spiro atoms. The predicted molar refractivity (Wildman–Crippen MR) is 204 cm³/mol. The van der Waals surface area contributed by atoms with Gasteiger partial charge >= 0.3 is 12.4 Å². The molecule has 60 heavy (non-hydrogen) atoms. The molecule has 1 aliphatic heterocycles. The van der Waals surface area contributed by atoms with Crippen LogP contribution in [0.25, 0.3) is 0 Å². The Kier molecular flexibility index (Phi) is 14.3. The number of carbonyl (C=O) groups is 6. The molecular formula is C41H51F6N7O6. The molecule has 2 heterocycles. The third-order valence-electron chi connectivity index (χ3n) is 11.2. The Bertz CT molecular complexity index is 1880. The fourth-order valence-electron chi connectivity index (χ4n) is 7.82. The Morgan fingerprint density at radius 3 is 1.98 bits per heavy atom. The second-order valence-corrected chi connectivity index (χ2v) is 17.0. The molecule has 0 unspecified atom stereocenters. The number of amides is 5. The van der Waals surface area contributed by atoms with Crippen LogP contribution in [0.4, 0.5) is 26.3 Å². The average molecular weight is 852 g/mol. The highest BCUT2D eigenvalue weighted by Crippen LogP contribution is 2.42. The molecule has 0 bridgehead atoms. The summed E-state index contributed by atoms with van der Waals surface area (Å²) in [6.07, 6.45) is -1.16. The molecule has 0 radical (unpaired) electrons. The maximum atomic E-state index is 14.6. The lowest BCUT2D eigenvalue weighted by Crippen LogP contribution is -2.60. The van der Waals surface area contributed by atoms with Crippen LogP contribution >= 0.6 is 0 Å². The Morgan fingerprint density at radius 1 is 0.817 bits per heavy atom. The number of likely N-dealkylation sites (tertiary alicyclic amines) is 1. The van der Waals surface area contributed by atoms with E-state index in [9.17, 15) is 55.1 Å². The van der Waals surface area contributed by atoms with Crippen molar-refractivity contribution in [1.82, 2.24) is 36.1 Å². The van der Waals surface area contributed by atoms with Gasteiger partial charge in [-0.3, -0.25) is 33.8 Å². The summed E-state index contributed by atoms with van der Waals surface area (Å²) in [5.41, 5.74) is -4.87. The van der Waals surface area contributed by atoms with Gasteiger partial charge in [-0.15, -0.1) is 0 Å². The Hall–Kier alpha value is -5.10. The third-order valence-corrected chi connectivity index (χ3v) is 11.2. The van der Waals surface area contributed by atoms with Gasteiger partial charge in [0.05, 0.1) is 29.3 Å². The van der Waals surface area contributed by atoms with Crippen molar-refractivity contribution in [2.75, 3.05) is 13.1 Å². The number of Topliss-reactive ketones (excluding diaryl/α,β-unsaturated/α-hetero) is 1. The van der Waals surface area contributed by atoms with E-state index >= 15 is 0 Å². The zero-order valence-electron chi connectivity index (χ0n) is 33.8. The summed E-state index contributed by atoms with van der Waals surface area (Å²) in [6, 6.07) is -3.06. The first-order chi connectivity index (χ1) is 28.1. The summed E-state index contributed by atoms with van der Waals surface area (Å²) in [6.45, 7) is 5.53. The summed E-state index contributed by atoms with van der Waals surface area (Å²) in [5.74, 6) is -8.28. The molecule has 5 amide bonds.